The van der Waals surface area contributed by atoms with Crippen LogP contribution in [0.4, 0.5) is 16.2 Å². The topological polar surface area (TPSA) is 58.2 Å². The molecule has 5 heteroatoms. The number of aryl methyl sites for hydroxylation is 1. The normalized spacial score (nSPS) is 10.0. The molecule has 0 bridgehead atoms. The summed E-state index contributed by atoms with van der Waals surface area (Å²) in [5.41, 5.74) is 2.68. The van der Waals surface area contributed by atoms with E-state index in [1.807, 2.05) is 6.92 Å². The Bertz CT molecular complexity index is 681. The maximum Gasteiger partial charge on any atom is 0.323 e. The van der Waals surface area contributed by atoms with E-state index in [2.05, 4.69) is 10.6 Å². The van der Waals surface area contributed by atoms with E-state index in [0.29, 0.717) is 22.0 Å². The van der Waals surface area contributed by atoms with Gasteiger partial charge in [-0.3, -0.25) is 4.79 Å². The van der Waals surface area contributed by atoms with Gasteiger partial charge in [-0.25, -0.2) is 4.79 Å². The van der Waals surface area contributed by atoms with Gasteiger partial charge in [-0.2, -0.15) is 0 Å². The van der Waals surface area contributed by atoms with Crippen LogP contribution in [0.5, 0.6) is 0 Å². The second kappa shape index (κ2) is 6.41. The first kappa shape index (κ1) is 15.1. The number of nitrogens with one attached hydrogen (secondary N) is 2. The van der Waals surface area contributed by atoms with Gasteiger partial charge in [0.25, 0.3) is 0 Å². The van der Waals surface area contributed by atoms with Crippen LogP contribution >= 0.6 is 11.6 Å². The Morgan fingerprint density at radius 3 is 2.29 bits per heavy atom. The summed E-state index contributed by atoms with van der Waals surface area (Å²) < 4.78 is 0. The molecule has 108 valence electrons. The fourth-order valence-corrected chi connectivity index (χ4v) is 1.92. The second-order valence-electron chi connectivity index (χ2n) is 4.67. The van der Waals surface area contributed by atoms with Crippen molar-refractivity contribution in [3.05, 3.63) is 58.6 Å². The number of amides is 2. The number of halogens is 1. The predicted molar refractivity (Wildman–Crippen MR) is 85.3 cm³/mol. The van der Waals surface area contributed by atoms with Gasteiger partial charge in [0.05, 0.1) is 0 Å². The van der Waals surface area contributed by atoms with Gasteiger partial charge in [0.2, 0.25) is 0 Å². The van der Waals surface area contributed by atoms with Crippen LogP contribution in [0.2, 0.25) is 5.02 Å². The maximum atomic E-state index is 12.0. The number of carbonyl (C=O) groups excluding carboxylic acids is 2. The van der Waals surface area contributed by atoms with Crippen molar-refractivity contribution in [1.29, 1.82) is 0 Å². The molecule has 0 saturated carbocycles. The zero-order valence-electron chi connectivity index (χ0n) is 11.7. The zero-order chi connectivity index (χ0) is 15.4. The first-order valence-electron chi connectivity index (χ1n) is 6.41. The van der Waals surface area contributed by atoms with E-state index >= 15 is 0 Å². The number of ketones is 1. The van der Waals surface area contributed by atoms with Gasteiger partial charge in [0.15, 0.2) is 5.78 Å². The highest BCUT2D eigenvalue weighted by Gasteiger charge is 2.08. The SMILES string of the molecule is CC(=O)c1ccc(C)c(NC(=O)Nc2ccc(Cl)cc2)c1. The molecule has 0 spiro atoms. The van der Waals surface area contributed by atoms with Gasteiger partial charge >= 0.3 is 6.03 Å². The van der Waals surface area contributed by atoms with Gasteiger partial charge in [-0.05, 0) is 49.7 Å². The highest BCUT2D eigenvalue weighted by molar-refractivity contribution is 6.30. The fraction of sp³-hybridized carbons (Fsp3) is 0.125. The molecular weight excluding hydrogens is 288 g/mol. The lowest BCUT2D eigenvalue weighted by Gasteiger charge is -2.11. The summed E-state index contributed by atoms with van der Waals surface area (Å²) >= 11 is 5.79. The van der Waals surface area contributed by atoms with Crippen molar-refractivity contribution < 1.29 is 9.59 Å². The molecule has 0 atom stereocenters. The van der Waals surface area contributed by atoms with Crippen LogP contribution in [-0.2, 0) is 0 Å². The minimum absolute atomic E-state index is 0.0452. The highest BCUT2D eigenvalue weighted by atomic mass is 35.5. The van der Waals surface area contributed by atoms with E-state index < -0.39 is 0 Å². The lowest BCUT2D eigenvalue weighted by Crippen LogP contribution is -2.20. The van der Waals surface area contributed by atoms with Gasteiger partial charge in [0.1, 0.15) is 0 Å². The Morgan fingerprint density at radius 2 is 1.67 bits per heavy atom. The molecule has 0 aliphatic carbocycles. The van der Waals surface area contributed by atoms with E-state index in [1.54, 1.807) is 42.5 Å². The molecule has 0 heterocycles. The average molecular weight is 303 g/mol. The Hall–Kier alpha value is -2.33. The molecule has 2 aromatic carbocycles. The van der Waals surface area contributed by atoms with Crippen molar-refractivity contribution in [2.75, 3.05) is 10.6 Å². The number of carbonyl (C=O) groups is 2. The minimum Gasteiger partial charge on any atom is -0.308 e. The van der Waals surface area contributed by atoms with Crippen molar-refractivity contribution in [2.24, 2.45) is 0 Å². The Morgan fingerprint density at radius 1 is 1.00 bits per heavy atom. The van der Waals surface area contributed by atoms with Gasteiger partial charge in [-0.1, -0.05) is 23.7 Å². The number of anilines is 2. The van der Waals surface area contributed by atoms with Crippen molar-refractivity contribution in [3.8, 4) is 0 Å². The summed E-state index contributed by atoms with van der Waals surface area (Å²) in [6.07, 6.45) is 0. The first-order chi connectivity index (χ1) is 9.95. The molecule has 0 aromatic heterocycles. The van der Waals surface area contributed by atoms with E-state index in [4.69, 9.17) is 11.6 Å². The van der Waals surface area contributed by atoms with Gasteiger partial charge in [0, 0.05) is 22.0 Å². The summed E-state index contributed by atoms with van der Waals surface area (Å²) in [7, 11) is 0. The van der Waals surface area contributed by atoms with Crippen molar-refractivity contribution in [1.82, 2.24) is 0 Å². The number of urea groups is 1. The lowest BCUT2D eigenvalue weighted by atomic mass is 10.1. The largest absolute Gasteiger partial charge is 0.323 e. The molecule has 0 radical (unpaired) electrons. The molecule has 4 nitrogen and oxygen atoms in total. The van der Waals surface area contributed by atoms with Crippen LogP contribution in [0.15, 0.2) is 42.5 Å². The first-order valence-corrected chi connectivity index (χ1v) is 6.78. The summed E-state index contributed by atoms with van der Waals surface area (Å²) in [5, 5.41) is 6.04. The molecule has 2 N–H and O–H groups in total. The molecule has 2 rings (SSSR count). The minimum atomic E-state index is -0.374. The van der Waals surface area contributed by atoms with E-state index in [9.17, 15) is 9.59 Å². The zero-order valence-corrected chi connectivity index (χ0v) is 12.5. The quantitative estimate of drug-likeness (QED) is 0.820. The average Bonchev–Trinajstić information content (AvgIpc) is 2.43. The summed E-state index contributed by atoms with van der Waals surface area (Å²) in [6, 6.07) is 11.6. The molecule has 0 saturated heterocycles. The van der Waals surface area contributed by atoms with Gasteiger partial charge < -0.3 is 10.6 Å². The molecular formula is C16H15ClN2O2. The highest BCUT2D eigenvalue weighted by Crippen LogP contribution is 2.18. The number of rotatable bonds is 3. The number of Topliss-reactive ketones (excluding diaryl/α,β-unsaturated/α-hetero) is 1. The van der Waals surface area contributed by atoms with Crippen molar-refractivity contribution >= 4 is 34.8 Å². The fourth-order valence-electron chi connectivity index (χ4n) is 1.79. The molecule has 0 unspecified atom stereocenters. The number of hydrogen-bond acceptors (Lipinski definition) is 2. The van der Waals surface area contributed by atoms with E-state index in [-0.39, 0.29) is 11.8 Å². The molecule has 0 aliphatic heterocycles. The van der Waals surface area contributed by atoms with Crippen molar-refractivity contribution in [2.45, 2.75) is 13.8 Å². The maximum absolute atomic E-state index is 12.0. The van der Waals surface area contributed by atoms with Crippen LogP contribution in [0, 0.1) is 6.92 Å². The third kappa shape index (κ3) is 4.07. The van der Waals surface area contributed by atoms with Gasteiger partial charge in [-0.15, -0.1) is 0 Å². The third-order valence-electron chi connectivity index (χ3n) is 2.99. The molecule has 0 fully saturated rings. The van der Waals surface area contributed by atoms with Crippen LogP contribution in [0.25, 0.3) is 0 Å². The molecule has 0 aliphatic rings. The second-order valence-corrected chi connectivity index (χ2v) is 5.11. The van der Waals surface area contributed by atoms with E-state index in [1.165, 1.54) is 6.92 Å². The van der Waals surface area contributed by atoms with E-state index in [0.717, 1.165) is 5.56 Å². The van der Waals surface area contributed by atoms with Crippen LogP contribution in [0.3, 0.4) is 0 Å². The summed E-state index contributed by atoms with van der Waals surface area (Å²) in [4.78, 5) is 23.3. The van der Waals surface area contributed by atoms with Crippen LogP contribution < -0.4 is 10.6 Å². The standard InChI is InChI=1S/C16H15ClN2O2/c1-10-3-4-12(11(2)20)9-15(10)19-16(21)18-14-7-5-13(17)6-8-14/h3-9H,1-2H3,(H2,18,19,21). The smallest absolute Gasteiger partial charge is 0.308 e. The monoisotopic (exact) mass is 302 g/mol. The number of benzene rings is 2. The van der Waals surface area contributed by atoms with Crippen LogP contribution in [0.1, 0.15) is 22.8 Å². The Labute approximate surface area is 128 Å². The number of hydrogen-bond donors (Lipinski definition) is 2. The lowest BCUT2D eigenvalue weighted by molar-refractivity contribution is 0.101. The Balaban J connectivity index is 2.10. The molecule has 2 amide bonds. The Kier molecular flexibility index (Phi) is 4.60. The third-order valence-corrected chi connectivity index (χ3v) is 3.25. The summed E-state index contributed by atoms with van der Waals surface area (Å²) in [5.74, 6) is -0.0452. The van der Waals surface area contributed by atoms with Crippen molar-refractivity contribution in [3.63, 3.8) is 0 Å². The summed E-state index contributed by atoms with van der Waals surface area (Å²) in [6.45, 7) is 3.35. The molecule has 21 heavy (non-hydrogen) atoms. The predicted octanol–water partition coefficient (Wildman–Crippen LogP) is 4.50. The van der Waals surface area contributed by atoms with Crippen LogP contribution in [-0.4, -0.2) is 11.8 Å². The molecule has 2 aromatic rings.